The zero-order valence-corrected chi connectivity index (χ0v) is 50.4. The lowest BCUT2D eigenvalue weighted by Gasteiger charge is -2.41. The summed E-state index contributed by atoms with van der Waals surface area (Å²) in [6, 6.07) is 0. The molecule has 0 spiro atoms. The highest BCUT2D eigenvalue weighted by molar-refractivity contribution is 5.87. The van der Waals surface area contributed by atoms with Gasteiger partial charge in [-0.2, -0.15) is 0 Å². The highest BCUT2D eigenvalue weighted by Gasteiger charge is 2.46. The molecule has 0 aromatic heterocycles. The molecular formula is C61H109NO21. The SMILES string of the molecule is CC1=CCC[C@H](C)[C@@H](O)[C@@H](C)[C@@H](O)CCC=C[C@H](C)[C@@H](O)C=C[C@H](C)[C@@H](O)C(C)=C[C@H](O[C@H]2O[C@H](CO)[C@@H](O)[C@H](O)[C@@H]2O)[C@H](O)C[C@@H](O)C[C@H](O)C[C@H](O)[C@H](C)[C@@H](O)[C@@H](C)[C@H](O)C[C@@H](O)C[C@H](O)C=CC[C@@H]([C@H](C)[C@H](O)CCCN)OC1=O. The van der Waals surface area contributed by atoms with E-state index in [1.165, 1.54) is 39.0 Å². The zero-order valence-electron chi connectivity index (χ0n) is 50.4. The lowest BCUT2D eigenvalue weighted by Crippen LogP contribution is -2.60. The monoisotopic (exact) mass is 1190 g/mol. The third kappa shape index (κ3) is 25.9. The van der Waals surface area contributed by atoms with Gasteiger partial charge in [-0.3, -0.25) is 0 Å². The number of hydrogen-bond acceptors (Lipinski definition) is 22. The van der Waals surface area contributed by atoms with Crippen molar-refractivity contribution >= 4 is 5.97 Å². The number of aliphatic hydroxyl groups is 17. The van der Waals surface area contributed by atoms with E-state index in [1.54, 1.807) is 58.9 Å². The van der Waals surface area contributed by atoms with Crippen LogP contribution in [0, 0.1) is 41.4 Å². The van der Waals surface area contributed by atoms with Gasteiger partial charge in [0.1, 0.15) is 36.6 Å². The Morgan fingerprint density at radius 2 is 1.22 bits per heavy atom. The van der Waals surface area contributed by atoms with Gasteiger partial charge >= 0.3 is 5.97 Å². The number of esters is 1. The van der Waals surface area contributed by atoms with Crippen molar-refractivity contribution in [3.63, 3.8) is 0 Å². The van der Waals surface area contributed by atoms with Crippen molar-refractivity contribution in [2.24, 2.45) is 47.2 Å². The van der Waals surface area contributed by atoms with Crippen LogP contribution < -0.4 is 5.73 Å². The number of aliphatic hydroxyl groups excluding tert-OH is 17. The smallest absolute Gasteiger partial charge is 0.333 e. The predicted molar refractivity (Wildman–Crippen MR) is 310 cm³/mol. The zero-order chi connectivity index (χ0) is 63.0. The van der Waals surface area contributed by atoms with Crippen LogP contribution in [0.1, 0.15) is 139 Å². The maximum atomic E-state index is 13.4. The number of carbonyl (C=O) groups excluding carboxylic acids is 1. The number of cyclic esters (lactones) is 1. The third-order valence-corrected chi connectivity index (χ3v) is 17.0. The second-order valence-corrected chi connectivity index (χ2v) is 24.2. The molecule has 2 heterocycles. The van der Waals surface area contributed by atoms with Gasteiger partial charge in [-0.1, -0.05) is 97.1 Å². The van der Waals surface area contributed by atoms with E-state index in [0.717, 1.165) is 0 Å². The standard InChI is InChI=1S/C61H109NO21/c1-32-15-10-11-19-47(70)38(7)55(75)33(2)16-12-17-35(4)60(80)81-51(37(6)46(69)20-14-24-62)21-13-18-41(64)26-42(65)28-48(71)39(8)56(76)40(9)49(72)29-43(66)27-44(67)30-50(73)52(25-36(5)54(74)34(3)22-23-45(32)68)82-61-59(79)58(78)57(77)53(31-63)83-61/h10,13,15,17-18,22-23,25,32-34,37-59,61,63-79H,11-12,14,16,19-21,24,26-31,62H2,1-9H3/t32-,33-,34-,37+,38-,39-,40-,41+,42-,43-,44-,45-,46+,47-,48+,49-,50+,51-,52-,53+,54+,55+,56-,57+,58-,59-,61-/m0/s1. The maximum absolute atomic E-state index is 13.4. The second kappa shape index (κ2) is 38.6. The summed E-state index contributed by atoms with van der Waals surface area (Å²) in [5.41, 5.74) is 6.22. The second-order valence-electron chi connectivity index (χ2n) is 24.2. The van der Waals surface area contributed by atoms with Crippen molar-refractivity contribution in [3.05, 3.63) is 59.8 Å². The van der Waals surface area contributed by atoms with Crippen molar-refractivity contribution in [2.45, 2.75) is 262 Å². The van der Waals surface area contributed by atoms with E-state index in [4.69, 9.17) is 19.9 Å². The van der Waals surface area contributed by atoms with Gasteiger partial charge in [-0.25, -0.2) is 4.79 Å². The Labute approximate surface area is 492 Å². The van der Waals surface area contributed by atoms with Crippen molar-refractivity contribution < 1.29 is 106 Å². The van der Waals surface area contributed by atoms with Crippen LogP contribution >= 0.6 is 0 Å². The Balaban J connectivity index is 2.45. The van der Waals surface area contributed by atoms with Crippen LogP contribution in [0.25, 0.3) is 0 Å². The summed E-state index contributed by atoms with van der Waals surface area (Å²) in [5.74, 6) is -4.84. The molecule has 83 heavy (non-hydrogen) atoms. The molecule has 0 aromatic rings. The highest BCUT2D eigenvalue weighted by Crippen LogP contribution is 2.30. The molecule has 27 atom stereocenters. The Bertz CT molecular complexity index is 1960. The van der Waals surface area contributed by atoms with Crippen LogP contribution in [0.2, 0.25) is 0 Å². The van der Waals surface area contributed by atoms with Gasteiger partial charge < -0.3 is 107 Å². The summed E-state index contributed by atoms with van der Waals surface area (Å²) in [4.78, 5) is 13.4. The first kappa shape index (κ1) is 76.5. The molecule has 2 rings (SSSR count). The van der Waals surface area contributed by atoms with Crippen LogP contribution in [-0.2, 0) is 19.0 Å². The molecular weight excluding hydrogens is 1080 g/mol. The fraction of sp³-hybridized carbons (Fsp3) is 0.820. The van der Waals surface area contributed by atoms with Crippen LogP contribution in [0.3, 0.4) is 0 Å². The van der Waals surface area contributed by atoms with Gasteiger partial charge in [0.15, 0.2) is 6.29 Å². The van der Waals surface area contributed by atoms with Gasteiger partial charge in [0.25, 0.3) is 0 Å². The summed E-state index contributed by atoms with van der Waals surface area (Å²) < 4.78 is 17.4. The first-order valence-corrected chi connectivity index (χ1v) is 29.9. The molecule has 0 saturated carbocycles. The lowest BCUT2D eigenvalue weighted by molar-refractivity contribution is -0.313. The first-order valence-electron chi connectivity index (χ1n) is 29.9. The summed E-state index contributed by atoms with van der Waals surface area (Å²) in [7, 11) is 0. The van der Waals surface area contributed by atoms with E-state index < -0.39 is 183 Å². The van der Waals surface area contributed by atoms with Gasteiger partial charge in [-0.05, 0) is 89.7 Å². The van der Waals surface area contributed by atoms with Crippen molar-refractivity contribution in [1.29, 1.82) is 0 Å². The number of allylic oxidation sites excluding steroid dienone is 2. The molecule has 22 nitrogen and oxygen atoms in total. The predicted octanol–water partition coefficient (Wildman–Crippen LogP) is 0.442. The fourth-order valence-electron chi connectivity index (χ4n) is 10.5. The summed E-state index contributed by atoms with van der Waals surface area (Å²) >= 11 is 0. The van der Waals surface area contributed by atoms with E-state index in [-0.39, 0.29) is 37.2 Å². The quantitative estimate of drug-likeness (QED) is 0.116. The molecule has 0 bridgehead atoms. The van der Waals surface area contributed by atoms with Crippen molar-refractivity contribution in [2.75, 3.05) is 13.2 Å². The summed E-state index contributed by atoms with van der Waals surface area (Å²) in [5, 5.41) is 186. The molecule has 2 aliphatic heterocycles. The van der Waals surface area contributed by atoms with Crippen LogP contribution in [0.4, 0.5) is 0 Å². The number of nitrogens with two attached hydrogens (primary N) is 1. The van der Waals surface area contributed by atoms with Crippen LogP contribution in [0.5, 0.6) is 0 Å². The van der Waals surface area contributed by atoms with Gasteiger partial charge in [-0.15, -0.1) is 0 Å². The Morgan fingerprint density at radius 3 is 1.81 bits per heavy atom. The normalized spacial score (nSPS) is 41.8. The average Bonchev–Trinajstić information content (AvgIpc) is 3.63. The number of rotatable bonds is 8. The van der Waals surface area contributed by atoms with E-state index in [1.807, 2.05) is 13.0 Å². The molecule has 1 fully saturated rings. The third-order valence-electron chi connectivity index (χ3n) is 17.0. The number of ether oxygens (including phenoxy) is 3. The molecule has 0 amide bonds. The minimum absolute atomic E-state index is 0.0959. The molecule has 1 saturated heterocycles. The molecule has 2 aliphatic rings. The molecule has 0 aromatic carbocycles. The van der Waals surface area contributed by atoms with Crippen molar-refractivity contribution in [3.8, 4) is 0 Å². The summed E-state index contributed by atoms with van der Waals surface area (Å²) in [6.07, 6.45) is -13.2. The van der Waals surface area contributed by atoms with Crippen LogP contribution in [-0.4, -0.2) is 228 Å². The first-order chi connectivity index (χ1) is 38.9. The molecule has 0 unspecified atom stereocenters. The Morgan fingerprint density at radius 1 is 0.639 bits per heavy atom. The molecule has 22 heteroatoms. The molecule has 484 valence electrons. The van der Waals surface area contributed by atoms with E-state index in [0.29, 0.717) is 50.6 Å². The van der Waals surface area contributed by atoms with Crippen LogP contribution in [0.15, 0.2) is 59.8 Å². The fourth-order valence-corrected chi connectivity index (χ4v) is 10.5. The minimum Gasteiger partial charge on any atom is -0.458 e. The van der Waals surface area contributed by atoms with E-state index >= 15 is 0 Å². The molecule has 0 radical (unpaired) electrons. The minimum atomic E-state index is -1.88. The highest BCUT2D eigenvalue weighted by atomic mass is 16.7. The maximum Gasteiger partial charge on any atom is 0.333 e. The Kier molecular flexibility index (Phi) is 35.6. The Hall–Kier alpha value is -2.63. The van der Waals surface area contributed by atoms with E-state index in [9.17, 15) is 91.6 Å². The van der Waals surface area contributed by atoms with E-state index in [2.05, 4.69) is 0 Å². The summed E-state index contributed by atoms with van der Waals surface area (Å²) in [6.45, 7) is 14.5. The number of carbonyl (C=O) groups is 1. The lowest BCUT2D eigenvalue weighted by atomic mass is 9.82. The van der Waals surface area contributed by atoms with Gasteiger partial charge in [0, 0.05) is 60.3 Å². The average molecular weight is 1190 g/mol. The largest absolute Gasteiger partial charge is 0.458 e. The number of hydrogen-bond donors (Lipinski definition) is 18. The molecule has 0 aliphatic carbocycles. The van der Waals surface area contributed by atoms with Gasteiger partial charge in [0.2, 0.25) is 0 Å². The van der Waals surface area contributed by atoms with Gasteiger partial charge in [0.05, 0.1) is 86.0 Å². The topological polar surface area (TPSA) is 415 Å². The molecule has 19 N–H and O–H groups in total. The van der Waals surface area contributed by atoms with Crippen molar-refractivity contribution in [1.82, 2.24) is 0 Å².